The summed E-state index contributed by atoms with van der Waals surface area (Å²) in [7, 11) is -3.10. The Bertz CT molecular complexity index is 679. The van der Waals surface area contributed by atoms with Crippen LogP contribution in [-0.4, -0.2) is 50.6 Å². The van der Waals surface area contributed by atoms with Crippen molar-refractivity contribution >= 4 is 27.3 Å². The number of hydrogen-bond acceptors (Lipinski definition) is 4. The van der Waals surface area contributed by atoms with E-state index in [0.717, 1.165) is 16.9 Å². The lowest BCUT2D eigenvalue weighted by molar-refractivity contribution is -0.115. The van der Waals surface area contributed by atoms with Gasteiger partial charge >= 0.3 is 0 Å². The van der Waals surface area contributed by atoms with E-state index in [1.165, 1.54) is 0 Å². The number of amides is 1. The third kappa shape index (κ3) is 2.96. The number of hydrogen-bond donors (Lipinski definition) is 1. The quantitative estimate of drug-likeness (QED) is 0.899. The molecule has 1 fully saturated rings. The monoisotopic (exact) mass is 323 g/mol. The van der Waals surface area contributed by atoms with Gasteiger partial charge in [0.25, 0.3) is 0 Å². The highest BCUT2D eigenvalue weighted by atomic mass is 32.2. The molecule has 0 spiro atoms. The number of carbonyl (C=O) groups is 1. The number of rotatable bonds is 4. The normalized spacial score (nSPS) is 19.1. The van der Waals surface area contributed by atoms with Crippen LogP contribution in [-0.2, 0) is 21.2 Å². The minimum atomic E-state index is -3.10. The van der Waals surface area contributed by atoms with Crippen molar-refractivity contribution in [1.82, 2.24) is 4.31 Å². The zero-order valence-corrected chi connectivity index (χ0v) is 13.5. The molecular formula is C15H21N3O3S. The molecule has 0 atom stereocenters. The van der Waals surface area contributed by atoms with Crippen LogP contribution in [0.3, 0.4) is 0 Å². The molecule has 1 amide bonds. The molecule has 120 valence electrons. The second-order valence-electron chi connectivity index (χ2n) is 5.77. The van der Waals surface area contributed by atoms with Crippen molar-refractivity contribution in [1.29, 1.82) is 0 Å². The molecule has 6 nitrogen and oxygen atoms in total. The minimum absolute atomic E-state index is 0.0302. The van der Waals surface area contributed by atoms with E-state index in [0.29, 0.717) is 39.0 Å². The van der Waals surface area contributed by atoms with Gasteiger partial charge in [-0.1, -0.05) is 6.92 Å². The van der Waals surface area contributed by atoms with Crippen LogP contribution in [0, 0.1) is 0 Å². The standard InChI is InChI=1S/C15H21N3O3S/c1-2-9-22(20,21)18-7-5-17(6-8-18)13-3-4-14-12(10-13)11-15(19)16-14/h3-4,10H,2,5-9,11H2,1H3,(H,16,19). The summed E-state index contributed by atoms with van der Waals surface area (Å²) in [5, 5.41) is 2.82. The average molecular weight is 323 g/mol. The number of nitrogens with one attached hydrogen (secondary N) is 1. The van der Waals surface area contributed by atoms with Gasteiger partial charge in [0.15, 0.2) is 0 Å². The van der Waals surface area contributed by atoms with Gasteiger partial charge in [-0.3, -0.25) is 4.79 Å². The van der Waals surface area contributed by atoms with E-state index < -0.39 is 10.0 Å². The Labute approximate surface area is 131 Å². The molecule has 0 aromatic heterocycles. The van der Waals surface area contributed by atoms with E-state index >= 15 is 0 Å². The van der Waals surface area contributed by atoms with E-state index in [2.05, 4.69) is 10.2 Å². The van der Waals surface area contributed by atoms with Gasteiger partial charge in [0.2, 0.25) is 15.9 Å². The Balaban J connectivity index is 1.67. The lowest BCUT2D eigenvalue weighted by atomic mass is 10.1. The summed E-state index contributed by atoms with van der Waals surface area (Å²) < 4.78 is 25.7. The number of sulfonamides is 1. The van der Waals surface area contributed by atoms with Crippen LogP contribution in [0.25, 0.3) is 0 Å². The topological polar surface area (TPSA) is 69.7 Å². The molecule has 0 saturated carbocycles. The zero-order valence-electron chi connectivity index (χ0n) is 12.7. The zero-order chi connectivity index (χ0) is 15.7. The molecular weight excluding hydrogens is 302 g/mol. The van der Waals surface area contributed by atoms with Gasteiger partial charge in [0.05, 0.1) is 12.2 Å². The van der Waals surface area contributed by atoms with Crippen LogP contribution in [0.15, 0.2) is 18.2 Å². The van der Waals surface area contributed by atoms with E-state index in [-0.39, 0.29) is 11.7 Å². The summed E-state index contributed by atoms with van der Waals surface area (Å²) in [6.07, 6.45) is 1.07. The van der Waals surface area contributed by atoms with Crippen LogP contribution < -0.4 is 10.2 Å². The van der Waals surface area contributed by atoms with Crippen LogP contribution in [0.2, 0.25) is 0 Å². The summed E-state index contributed by atoms with van der Waals surface area (Å²) in [4.78, 5) is 13.6. The number of nitrogens with zero attached hydrogens (tertiary/aromatic N) is 2. The fourth-order valence-electron chi connectivity index (χ4n) is 3.02. The van der Waals surface area contributed by atoms with Gasteiger partial charge in [-0.15, -0.1) is 0 Å². The lowest BCUT2D eigenvalue weighted by Gasteiger charge is -2.35. The first-order valence-corrected chi connectivity index (χ1v) is 9.26. The third-order valence-electron chi connectivity index (χ3n) is 4.17. The number of piperazine rings is 1. The van der Waals surface area contributed by atoms with Gasteiger partial charge in [-0.05, 0) is 30.2 Å². The summed E-state index contributed by atoms with van der Waals surface area (Å²) >= 11 is 0. The van der Waals surface area contributed by atoms with Gasteiger partial charge in [0.1, 0.15) is 0 Å². The van der Waals surface area contributed by atoms with Crippen molar-refractivity contribution in [3.8, 4) is 0 Å². The highest BCUT2D eigenvalue weighted by Crippen LogP contribution is 2.28. The molecule has 7 heteroatoms. The third-order valence-corrected chi connectivity index (χ3v) is 6.25. The smallest absolute Gasteiger partial charge is 0.228 e. The maximum Gasteiger partial charge on any atom is 0.228 e. The van der Waals surface area contributed by atoms with Crippen LogP contribution in [0.1, 0.15) is 18.9 Å². The fraction of sp³-hybridized carbons (Fsp3) is 0.533. The second-order valence-corrected chi connectivity index (χ2v) is 7.86. The molecule has 2 aliphatic rings. The van der Waals surface area contributed by atoms with Crippen LogP contribution in [0.4, 0.5) is 11.4 Å². The summed E-state index contributed by atoms with van der Waals surface area (Å²) in [6, 6.07) is 5.94. The molecule has 1 saturated heterocycles. The van der Waals surface area contributed by atoms with Crippen molar-refractivity contribution in [3.63, 3.8) is 0 Å². The molecule has 3 rings (SSSR count). The molecule has 2 heterocycles. The maximum atomic E-state index is 12.1. The predicted molar refractivity (Wildman–Crippen MR) is 86.6 cm³/mol. The van der Waals surface area contributed by atoms with Gasteiger partial charge in [-0.25, -0.2) is 8.42 Å². The SMILES string of the molecule is CCCS(=O)(=O)N1CCN(c2ccc3c(c2)CC(=O)N3)CC1. The van der Waals surface area contributed by atoms with Crippen LogP contribution in [0.5, 0.6) is 0 Å². The van der Waals surface area contributed by atoms with Gasteiger partial charge < -0.3 is 10.2 Å². The van der Waals surface area contributed by atoms with Crippen molar-refractivity contribution < 1.29 is 13.2 Å². The van der Waals surface area contributed by atoms with Crippen LogP contribution >= 0.6 is 0 Å². The summed E-state index contributed by atoms with van der Waals surface area (Å²) in [6.45, 7) is 4.30. The molecule has 1 N–H and O–H groups in total. The molecule has 22 heavy (non-hydrogen) atoms. The Kier molecular flexibility index (Phi) is 4.10. The van der Waals surface area contributed by atoms with E-state index in [9.17, 15) is 13.2 Å². The Morgan fingerprint density at radius 1 is 1.18 bits per heavy atom. The van der Waals surface area contributed by atoms with E-state index in [1.54, 1.807) is 4.31 Å². The second kappa shape index (κ2) is 5.89. The summed E-state index contributed by atoms with van der Waals surface area (Å²) in [5.41, 5.74) is 2.96. The Hall–Kier alpha value is -1.60. The van der Waals surface area contributed by atoms with Crippen molar-refractivity contribution in [2.45, 2.75) is 19.8 Å². The number of carbonyl (C=O) groups excluding carboxylic acids is 1. The van der Waals surface area contributed by atoms with Gasteiger partial charge in [-0.2, -0.15) is 4.31 Å². The first-order chi connectivity index (χ1) is 10.5. The highest BCUT2D eigenvalue weighted by Gasteiger charge is 2.27. The van der Waals surface area contributed by atoms with E-state index in [1.807, 2.05) is 25.1 Å². The molecule has 2 aliphatic heterocycles. The highest BCUT2D eigenvalue weighted by molar-refractivity contribution is 7.89. The lowest BCUT2D eigenvalue weighted by Crippen LogP contribution is -2.49. The fourth-order valence-corrected chi connectivity index (χ4v) is 4.52. The summed E-state index contributed by atoms with van der Waals surface area (Å²) in [5.74, 6) is 0.252. The maximum absolute atomic E-state index is 12.1. The molecule has 0 radical (unpaired) electrons. The average Bonchev–Trinajstić information content (AvgIpc) is 2.86. The molecule has 1 aromatic rings. The predicted octanol–water partition coefficient (Wildman–Crippen LogP) is 1.04. The largest absolute Gasteiger partial charge is 0.369 e. The number of benzene rings is 1. The van der Waals surface area contributed by atoms with Gasteiger partial charge in [0, 0.05) is 37.6 Å². The number of fused-ring (bicyclic) bond motifs is 1. The first-order valence-electron chi connectivity index (χ1n) is 7.65. The van der Waals surface area contributed by atoms with E-state index in [4.69, 9.17) is 0 Å². The number of anilines is 2. The first kappa shape index (κ1) is 15.3. The molecule has 0 aliphatic carbocycles. The van der Waals surface area contributed by atoms with Crippen molar-refractivity contribution in [2.24, 2.45) is 0 Å². The van der Waals surface area contributed by atoms with Crippen molar-refractivity contribution in [2.75, 3.05) is 42.1 Å². The Morgan fingerprint density at radius 2 is 1.91 bits per heavy atom. The molecule has 1 aromatic carbocycles. The molecule has 0 bridgehead atoms. The van der Waals surface area contributed by atoms with Crippen molar-refractivity contribution in [3.05, 3.63) is 23.8 Å². The molecule has 0 unspecified atom stereocenters. The Morgan fingerprint density at radius 3 is 2.59 bits per heavy atom. The minimum Gasteiger partial charge on any atom is -0.369 e.